The molecule has 1 aromatic heterocycles. The maximum Gasteiger partial charge on any atom is 0.307 e. The van der Waals surface area contributed by atoms with E-state index in [1.807, 2.05) is 26.0 Å². The number of nitrogens with zero attached hydrogens (tertiary/aromatic N) is 1. The fourth-order valence-corrected chi connectivity index (χ4v) is 2.32. The summed E-state index contributed by atoms with van der Waals surface area (Å²) in [7, 11) is 1.33. The van der Waals surface area contributed by atoms with E-state index in [1.165, 1.54) is 7.11 Å². The number of carbonyl (C=O) groups is 2. The summed E-state index contributed by atoms with van der Waals surface area (Å²) >= 11 is 0. The van der Waals surface area contributed by atoms with E-state index in [9.17, 15) is 9.59 Å². The van der Waals surface area contributed by atoms with Gasteiger partial charge < -0.3 is 14.6 Å². The minimum absolute atomic E-state index is 0.169. The zero-order valence-electron chi connectivity index (χ0n) is 13.1. The Morgan fingerprint density at radius 1 is 1.05 bits per heavy atom. The summed E-state index contributed by atoms with van der Waals surface area (Å²) in [6.07, 6.45) is 0.169. The van der Waals surface area contributed by atoms with Gasteiger partial charge >= 0.3 is 5.97 Å². The van der Waals surface area contributed by atoms with Crippen LogP contribution < -0.4 is 5.32 Å². The smallest absolute Gasteiger partial charge is 0.307 e. The second-order valence-electron chi connectivity index (χ2n) is 5.08. The van der Waals surface area contributed by atoms with Gasteiger partial charge in [0.1, 0.15) is 0 Å². The molecule has 0 saturated carbocycles. The number of carbonyl (C=O) groups excluding carboxylic acids is 2. The quantitative estimate of drug-likeness (QED) is 0.863. The Kier molecular flexibility index (Phi) is 4.99. The van der Waals surface area contributed by atoms with E-state index in [2.05, 4.69) is 26.8 Å². The number of benzene rings is 1. The molecule has 0 saturated heterocycles. The number of aryl methyl sites for hydroxylation is 2. The molecule has 5 nitrogen and oxygen atoms in total. The van der Waals surface area contributed by atoms with Crippen LogP contribution in [0.25, 0.3) is 5.69 Å². The minimum atomic E-state index is -0.339. The van der Waals surface area contributed by atoms with Crippen molar-refractivity contribution < 1.29 is 14.3 Å². The van der Waals surface area contributed by atoms with Crippen molar-refractivity contribution in [1.82, 2.24) is 9.88 Å². The summed E-state index contributed by atoms with van der Waals surface area (Å²) in [6, 6.07) is 11.5. The van der Waals surface area contributed by atoms with E-state index in [-0.39, 0.29) is 24.8 Å². The van der Waals surface area contributed by atoms with E-state index < -0.39 is 0 Å². The highest BCUT2D eigenvalue weighted by Gasteiger charge is 2.08. The number of esters is 1. The van der Waals surface area contributed by atoms with Crippen molar-refractivity contribution in [2.24, 2.45) is 0 Å². The van der Waals surface area contributed by atoms with Crippen LogP contribution in [0.2, 0.25) is 0 Å². The first-order valence-electron chi connectivity index (χ1n) is 7.13. The van der Waals surface area contributed by atoms with E-state index in [4.69, 9.17) is 0 Å². The Balaban J connectivity index is 2.03. The third-order valence-electron chi connectivity index (χ3n) is 3.50. The molecule has 116 valence electrons. The molecule has 0 aliphatic heterocycles. The molecule has 1 amide bonds. The number of aromatic nitrogens is 1. The first-order chi connectivity index (χ1) is 10.5. The van der Waals surface area contributed by atoms with Gasteiger partial charge in [-0.2, -0.15) is 0 Å². The van der Waals surface area contributed by atoms with Gasteiger partial charge in [0.2, 0.25) is 0 Å². The van der Waals surface area contributed by atoms with Crippen LogP contribution in [-0.4, -0.2) is 30.1 Å². The van der Waals surface area contributed by atoms with Gasteiger partial charge in [-0.15, -0.1) is 0 Å². The summed E-state index contributed by atoms with van der Waals surface area (Å²) in [5, 5.41) is 2.69. The van der Waals surface area contributed by atoms with Gasteiger partial charge in [-0.1, -0.05) is 0 Å². The van der Waals surface area contributed by atoms with Crippen molar-refractivity contribution in [3.05, 3.63) is 53.3 Å². The van der Waals surface area contributed by atoms with Crippen molar-refractivity contribution in [3.63, 3.8) is 0 Å². The summed E-state index contributed by atoms with van der Waals surface area (Å²) in [4.78, 5) is 23.0. The molecule has 5 heteroatoms. The Labute approximate surface area is 129 Å². The average Bonchev–Trinajstić information content (AvgIpc) is 2.86. The van der Waals surface area contributed by atoms with Gasteiger partial charge in [0, 0.05) is 29.2 Å². The first-order valence-corrected chi connectivity index (χ1v) is 7.13. The average molecular weight is 300 g/mol. The zero-order valence-corrected chi connectivity index (χ0v) is 13.1. The summed E-state index contributed by atoms with van der Waals surface area (Å²) in [5.41, 5.74) is 3.88. The Morgan fingerprint density at radius 3 is 2.18 bits per heavy atom. The van der Waals surface area contributed by atoms with Crippen molar-refractivity contribution in [1.29, 1.82) is 0 Å². The molecular weight excluding hydrogens is 280 g/mol. The van der Waals surface area contributed by atoms with Crippen molar-refractivity contribution in [2.75, 3.05) is 13.7 Å². The third-order valence-corrected chi connectivity index (χ3v) is 3.50. The van der Waals surface area contributed by atoms with Gasteiger partial charge in [-0.3, -0.25) is 9.59 Å². The lowest BCUT2D eigenvalue weighted by Crippen LogP contribution is -2.26. The van der Waals surface area contributed by atoms with Gasteiger partial charge in [-0.05, 0) is 50.2 Å². The topological polar surface area (TPSA) is 60.3 Å². The Bertz CT molecular complexity index is 652. The lowest BCUT2D eigenvalue weighted by molar-refractivity contribution is -0.140. The second kappa shape index (κ2) is 6.93. The number of ether oxygens (including phenoxy) is 1. The van der Waals surface area contributed by atoms with Gasteiger partial charge in [0.05, 0.1) is 13.5 Å². The van der Waals surface area contributed by atoms with Crippen LogP contribution in [0.5, 0.6) is 0 Å². The van der Waals surface area contributed by atoms with Crippen LogP contribution in [0, 0.1) is 13.8 Å². The predicted octanol–water partition coefficient (Wildman–Crippen LogP) is 2.39. The maximum atomic E-state index is 12.0. The van der Waals surface area contributed by atoms with Crippen molar-refractivity contribution in [2.45, 2.75) is 20.3 Å². The van der Waals surface area contributed by atoms with Crippen LogP contribution in [0.4, 0.5) is 0 Å². The van der Waals surface area contributed by atoms with Crippen LogP contribution in [-0.2, 0) is 9.53 Å². The molecule has 1 aromatic carbocycles. The highest BCUT2D eigenvalue weighted by atomic mass is 16.5. The van der Waals surface area contributed by atoms with Crippen LogP contribution in [0.3, 0.4) is 0 Å². The fourth-order valence-electron chi connectivity index (χ4n) is 2.32. The van der Waals surface area contributed by atoms with Crippen molar-refractivity contribution in [3.8, 4) is 5.69 Å². The second-order valence-corrected chi connectivity index (χ2v) is 5.08. The molecule has 0 radical (unpaired) electrons. The number of nitrogens with one attached hydrogen (secondary N) is 1. The lowest BCUT2D eigenvalue weighted by Gasteiger charge is -2.10. The molecule has 0 aliphatic rings. The summed E-state index contributed by atoms with van der Waals surface area (Å²) in [5.74, 6) is -0.536. The molecule has 0 spiro atoms. The minimum Gasteiger partial charge on any atom is -0.469 e. The molecule has 2 rings (SSSR count). The number of methoxy groups -OCH3 is 1. The lowest BCUT2D eigenvalue weighted by atomic mass is 10.2. The molecule has 0 atom stereocenters. The molecule has 1 heterocycles. The fraction of sp³-hybridized carbons (Fsp3) is 0.294. The van der Waals surface area contributed by atoms with Gasteiger partial charge in [0.15, 0.2) is 0 Å². The highest BCUT2D eigenvalue weighted by molar-refractivity contribution is 5.94. The number of rotatable bonds is 5. The van der Waals surface area contributed by atoms with E-state index in [0.29, 0.717) is 5.56 Å². The molecular formula is C17H20N2O3. The van der Waals surface area contributed by atoms with E-state index in [0.717, 1.165) is 17.1 Å². The monoisotopic (exact) mass is 300 g/mol. The van der Waals surface area contributed by atoms with E-state index >= 15 is 0 Å². The van der Waals surface area contributed by atoms with Crippen LogP contribution in [0.1, 0.15) is 28.2 Å². The highest BCUT2D eigenvalue weighted by Crippen LogP contribution is 2.16. The molecule has 22 heavy (non-hydrogen) atoms. The molecule has 0 bridgehead atoms. The zero-order chi connectivity index (χ0) is 16.1. The molecule has 1 N–H and O–H groups in total. The molecule has 0 aliphatic carbocycles. The molecule has 2 aromatic rings. The largest absolute Gasteiger partial charge is 0.469 e. The third kappa shape index (κ3) is 3.55. The van der Waals surface area contributed by atoms with Gasteiger partial charge in [0.25, 0.3) is 5.91 Å². The molecule has 0 fully saturated rings. The number of hydrogen-bond acceptors (Lipinski definition) is 3. The predicted molar refractivity (Wildman–Crippen MR) is 84.2 cm³/mol. The van der Waals surface area contributed by atoms with Crippen LogP contribution in [0.15, 0.2) is 36.4 Å². The van der Waals surface area contributed by atoms with Crippen molar-refractivity contribution >= 4 is 11.9 Å². The first kappa shape index (κ1) is 15.8. The summed E-state index contributed by atoms with van der Waals surface area (Å²) in [6.45, 7) is 4.35. The maximum absolute atomic E-state index is 12.0. The van der Waals surface area contributed by atoms with E-state index in [1.54, 1.807) is 12.1 Å². The number of amides is 1. The Morgan fingerprint density at radius 2 is 1.64 bits per heavy atom. The molecule has 0 unspecified atom stereocenters. The van der Waals surface area contributed by atoms with Gasteiger partial charge in [-0.25, -0.2) is 0 Å². The Hall–Kier alpha value is -2.56. The standard InChI is InChI=1S/C17H20N2O3/c1-12-4-5-13(2)19(12)15-8-6-14(7-9-15)17(21)18-11-10-16(20)22-3/h4-9H,10-11H2,1-3H3,(H,18,21). The number of hydrogen-bond donors (Lipinski definition) is 1. The van der Waals surface area contributed by atoms with Crippen LogP contribution >= 0.6 is 0 Å². The normalized spacial score (nSPS) is 10.3. The summed E-state index contributed by atoms with van der Waals surface area (Å²) < 4.78 is 6.65. The SMILES string of the molecule is COC(=O)CCNC(=O)c1ccc(-n2c(C)ccc2C)cc1.